The molecule has 0 bridgehead atoms. The number of halogens is 1. The van der Waals surface area contributed by atoms with E-state index in [2.05, 4.69) is 16.5 Å². The summed E-state index contributed by atoms with van der Waals surface area (Å²) in [5.74, 6) is 0.731. The number of hydrogen-bond acceptors (Lipinski definition) is 2. The molecule has 0 aliphatic carbocycles. The minimum absolute atomic E-state index is 0.218. The summed E-state index contributed by atoms with van der Waals surface area (Å²) in [6.07, 6.45) is 1.73. The number of nitrogens with zero attached hydrogens (tertiary/aromatic N) is 2. The van der Waals surface area contributed by atoms with E-state index in [0.29, 0.717) is 6.54 Å². The Labute approximate surface area is 94.1 Å². The number of aryl methyl sites for hydroxylation is 1. The number of benzene rings is 1. The Balaban J connectivity index is 2.57. The van der Waals surface area contributed by atoms with Crippen LogP contribution < -0.4 is 5.73 Å². The van der Waals surface area contributed by atoms with Gasteiger partial charge in [0.1, 0.15) is 11.6 Å². The molecule has 0 atom stereocenters. The van der Waals surface area contributed by atoms with Gasteiger partial charge in [-0.15, -0.1) is 0 Å². The van der Waals surface area contributed by atoms with E-state index in [9.17, 15) is 4.39 Å². The first-order chi connectivity index (χ1) is 7.76. The predicted octanol–water partition coefficient (Wildman–Crippen LogP) is 2.09. The zero-order chi connectivity index (χ0) is 11.5. The quantitative estimate of drug-likeness (QED) is 0.859. The molecule has 0 aliphatic heterocycles. The lowest BCUT2D eigenvalue weighted by Crippen LogP contribution is -2.10. The third kappa shape index (κ3) is 1.93. The van der Waals surface area contributed by atoms with Gasteiger partial charge in [0.05, 0.1) is 11.0 Å². The van der Waals surface area contributed by atoms with E-state index in [4.69, 9.17) is 5.73 Å². The van der Waals surface area contributed by atoms with E-state index in [1.807, 2.05) is 0 Å². The Kier molecular flexibility index (Phi) is 3.19. The maximum atomic E-state index is 13.2. The van der Waals surface area contributed by atoms with Crippen LogP contribution in [0.25, 0.3) is 11.0 Å². The maximum Gasteiger partial charge on any atom is 0.125 e. The summed E-state index contributed by atoms with van der Waals surface area (Å²) in [6, 6.07) is 4.70. The molecular formula is C12H16FN3. The Hall–Kier alpha value is -1.42. The largest absolute Gasteiger partial charge is 0.330 e. The van der Waals surface area contributed by atoms with Gasteiger partial charge >= 0.3 is 0 Å². The van der Waals surface area contributed by atoms with Crippen molar-refractivity contribution in [3.8, 4) is 0 Å². The lowest BCUT2D eigenvalue weighted by atomic mass is 10.3. The number of fused-ring (bicyclic) bond motifs is 1. The standard InChI is InChI=1S/C12H16FN3/c1-2-7-16-11-8-9(13)3-4-10(11)15-12(16)5-6-14/h3-4,8H,2,5-7,14H2,1H3. The van der Waals surface area contributed by atoms with Crippen molar-refractivity contribution in [1.82, 2.24) is 9.55 Å². The normalized spacial score (nSPS) is 11.2. The minimum atomic E-state index is -0.218. The summed E-state index contributed by atoms with van der Waals surface area (Å²) in [4.78, 5) is 4.48. The van der Waals surface area contributed by atoms with E-state index < -0.39 is 0 Å². The number of nitrogens with two attached hydrogens (primary N) is 1. The van der Waals surface area contributed by atoms with Gasteiger partial charge in [0.15, 0.2) is 0 Å². The van der Waals surface area contributed by atoms with Gasteiger partial charge in [-0.3, -0.25) is 0 Å². The third-order valence-electron chi connectivity index (χ3n) is 2.60. The number of rotatable bonds is 4. The molecule has 4 heteroatoms. The van der Waals surface area contributed by atoms with Crippen molar-refractivity contribution in [1.29, 1.82) is 0 Å². The number of hydrogen-bond donors (Lipinski definition) is 1. The van der Waals surface area contributed by atoms with Gasteiger partial charge in [-0.25, -0.2) is 9.37 Å². The van der Waals surface area contributed by atoms with Gasteiger partial charge in [-0.1, -0.05) is 6.92 Å². The second-order valence-electron chi connectivity index (χ2n) is 3.85. The molecule has 16 heavy (non-hydrogen) atoms. The fourth-order valence-corrected chi connectivity index (χ4v) is 1.94. The molecule has 0 spiro atoms. The predicted molar refractivity (Wildman–Crippen MR) is 62.7 cm³/mol. The van der Waals surface area contributed by atoms with Crippen LogP contribution in [0.2, 0.25) is 0 Å². The van der Waals surface area contributed by atoms with E-state index in [1.54, 1.807) is 6.07 Å². The summed E-state index contributed by atoms with van der Waals surface area (Å²) < 4.78 is 15.2. The third-order valence-corrected chi connectivity index (χ3v) is 2.60. The highest BCUT2D eigenvalue weighted by Crippen LogP contribution is 2.18. The second-order valence-corrected chi connectivity index (χ2v) is 3.85. The van der Waals surface area contributed by atoms with E-state index in [-0.39, 0.29) is 5.82 Å². The van der Waals surface area contributed by atoms with E-state index in [1.165, 1.54) is 12.1 Å². The zero-order valence-corrected chi connectivity index (χ0v) is 9.41. The Bertz CT molecular complexity index is 490. The summed E-state index contributed by atoms with van der Waals surface area (Å²) in [7, 11) is 0. The minimum Gasteiger partial charge on any atom is -0.330 e. The molecule has 2 rings (SSSR count). The van der Waals surface area contributed by atoms with E-state index in [0.717, 1.165) is 36.2 Å². The summed E-state index contributed by atoms with van der Waals surface area (Å²) in [5, 5.41) is 0. The van der Waals surface area contributed by atoms with Gasteiger partial charge < -0.3 is 10.3 Å². The Morgan fingerprint density at radius 1 is 1.44 bits per heavy atom. The SMILES string of the molecule is CCCn1c(CCN)nc2ccc(F)cc21. The van der Waals surface area contributed by atoms with Crippen molar-refractivity contribution in [3.63, 3.8) is 0 Å². The first-order valence-corrected chi connectivity index (χ1v) is 5.61. The lowest BCUT2D eigenvalue weighted by Gasteiger charge is -2.06. The molecule has 0 saturated carbocycles. The molecule has 0 radical (unpaired) electrons. The first kappa shape index (κ1) is 11.1. The summed E-state index contributed by atoms with van der Waals surface area (Å²) in [5.41, 5.74) is 7.26. The number of imidazole rings is 1. The smallest absolute Gasteiger partial charge is 0.125 e. The molecular weight excluding hydrogens is 205 g/mol. The monoisotopic (exact) mass is 221 g/mol. The van der Waals surface area contributed by atoms with Crippen LogP contribution in [-0.2, 0) is 13.0 Å². The molecule has 0 amide bonds. The second kappa shape index (κ2) is 4.61. The lowest BCUT2D eigenvalue weighted by molar-refractivity contribution is 0.624. The van der Waals surface area contributed by atoms with Crippen molar-refractivity contribution in [3.05, 3.63) is 29.8 Å². The van der Waals surface area contributed by atoms with Crippen LogP contribution in [0, 0.1) is 5.82 Å². The van der Waals surface area contributed by atoms with E-state index >= 15 is 0 Å². The highest BCUT2D eigenvalue weighted by molar-refractivity contribution is 5.76. The van der Waals surface area contributed by atoms with Crippen molar-refractivity contribution in [2.75, 3.05) is 6.54 Å². The average Bonchev–Trinajstić information content (AvgIpc) is 2.58. The fraction of sp³-hybridized carbons (Fsp3) is 0.417. The highest BCUT2D eigenvalue weighted by atomic mass is 19.1. The molecule has 0 saturated heterocycles. The zero-order valence-electron chi connectivity index (χ0n) is 9.41. The van der Waals surface area contributed by atoms with Gasteiger partial charge in [-0.05, 0) is 31.2 Å². The molecule has 0 unspecified atom stereocenters. The van der Waals surface area contributed by atoms with Crippen LogP contribution in [0.3, 0.4) is 0 Å². The summed E-state index contributed by atoms with van der Waals surface area (Å²) >= 11 is 0. The molecule has 86 valence electrons. The molecule has 1 heterocycles. The first-order valence-electron chi connectivity index (χ1n) is 5.61. The van der Waals surface area contributed by atoms with Crippen LogP contribution in [0.4, 0.5) is 4.39 Å². The van der Waals surface area contributed by atoms with Crippen LogP contribution in [0.15, 0.2) is 18.2 Å². The summed E-state index contributed by atoms with van der Waals surface area (Å²) in [6.45, 7) is 3.52. The molecule has 1 aromatic heterocycles. The topological polar surface area (TPSA) is 43.8 Å². The number of aromatic nitrogens is 2. The van der Waals surface area contributed by atoms with Crippen LogP contribution in [-0.4, -0.2) is 16.1 Å². The Morgan fingerprint density at radius 3 is 2.94 bits per heavy atom. The molecule has 0 fully saturated rings. The molecule has 3 nitrogen and oxygen atoms in total. The van der Waals surface area contributed by atoms with Crippen LogP contribution >= 0.6 is 0 Å². The molecule has 1 aromatic carbocycles. The van der Waals surface area contributed by atoms with Crippen LogP contribution in [0.1, 0.15) is 19.2 Å². The van der Waals surface area contributed by atoms with Gasteiger partial charge in [0, 0.05) is 13.0 Å². The average molecular weight is 221 g/mol. The van der Waals surface area contributed by atoms with Crippen LogP contribution in [0.5, 0.6) is 0 Å². The van der Waals surface area contributed by atoms with Crippen molar-refractivity contribution < 1.29 is 4.39 Å². The van der Waals surface area contributed by atoms with Crippen molar-refractivity contribution in [2.24, 2.45) is 5.73 Å². The van der Waals surface area contributed by atoms with Crippen molar-refractivity contribution in [2.45, 2.75) is 26.3 Å². The van der Waals surface area contributed by atoms with Gasteiger partial charge in [-0.2, -0.15) is 0 Å². The van der Waals surface area contributed by atoms with Crippen molar-refractivity contribution >= 4 is 11.0 Å². The highest BCUT2D eigenvalue weighted by Gasteiger charge is 2.09. The Morgan fingerprint density at radius 2 is 2.25 bits per heavy atom. The maximum absolute atomic E-state index is 13.2. The molecule has 2 N–H and O–H groups in total. The molecule has 0 aliphatic rings. The molecule has 2 aromatic rings. The van der Waals surface area contributed by atoms with Gasteiger partial charge in [0.25, 0.3) is 0 Å². The fourth-order valence-electron chi connectivity index (χ4n) is 1.94. The van der Waals surface area contributed by atoms with Gasteiger partial charge in [0.2, 0.25) is 0 Å².